The van der Waals surface area contributed by atoms with E-state index in [1.54, 1.807) is 24.3 Å². The summed E-state index contributed by atoms with van der Waals surface area (Å²) in [5, 5.41) is 0. The van der Waals surface area contributed by atoms with Crippen molar-refractivity contribution in [2.75, 3.05) is 5.73 Å². The minimum absolute atomic E-state index is 0.248. The zero-order valence-corrected chi connectivity index (χ0v) is 12.6. The van der Waals surface area contributed by atoms with Crippen LogP contribution in [0.15, 0.2) is 51.8 Å². The van der Waals surface area contributed by atoms with Gasteiger partial charge in [-0.25, -0.2) is 0 Å². The lowest BCUT2D eigenvalue weighted by Gasteiger charge is -2.12. The molecule has 2 aromatic carbocycles. The van der Waals surface area contributed by atoms with Gasteiger partial charge < -0.3 is 5.73 Å². The van der Waals surface area contributed by atoms with Crippen molar-refractivity contribution >= 4 is 33.4 Å². The molecule has 1 nitrogen and oxygen atoms in total. The first-order valence-corrected chi connectivity index (χ1v) is 7.48. The molecule has 0 atom stereocenters. The second kappa shape index (κ2) is 6.10. The highest BCUT2D eigenvalue weighted by Crippen LogP contribution is 2.36. The van der Waals surface area contributed by atoms with Crippen molar-refractivity contribution in [2.45, 2.75) is 16.8 Å². The van der Waals surface area contributed by atoms with Gasteiger partial charge in [-0.2, -0.15) is 13.2 Å². The van der Waals surface area contributed by atoms with E-state index < -0.39 is 11.7 Å². The van der Waals surface area contributed by atoms with Gasteiger partial charge in [0.1, 0.15) is 0 Å². The van der Waals surface area contributed by atoms with Crippen LogP contribution in [0, 0.1) is 0 Å². The van der Waals surface area contributed by atoms with E-state index >= 15 is 0 Å². The van der Waals surface area contributed by atoms with E-state index in [0.717, 1.165) is 15.4 Å². The van der Waals surface area contributed by atoms with Crippen LogP contribution in [0.2, 0.25) is 0 Å². The number of rotatable bonds is 3. The van der Waals surface area contributed by atoms with Gasteiger partial charge in [-0.15, -0.1) is 11.8 Å². The zero-order chi connectivity index (χ0) is 14.8. The third-order valence-corrected chi connectivity index (χ3v) is 4.70. The summed E-state index contributed by atoms with van der Waals surface area (Å²) in [4.78, 5) is 0.858. The standard InChI is InChI=1S/C14H11BrF3NS/c15-12-7-10(19)5-6-13(12)20-8-9-3-1-2-4-11(9)14(16,17)18/h1-7H,8,19H2. The number of thioether (sulfide) groups is 1. The minimum Gasteiger partial charge on any atom is -0.399 e. The monoisotopic (exact) mass is 361 g/mol. The molecule has 2 rings (SSSR count). The minimum atomic E-state index is -4.32. The third-order valence-electron chi connectivity index (χ3n) is 2.66. The first-order valence-electron chi connectivity index (χ1n) is 5.71. The smallest absolute Gasteiger partial charge is 0.399 e. The molecule has 0 saturated carbocycles. The topological polar surface area (TPSA) is 26.0 Å². The Bertz CT molecular complexity index is 614. The van der Waals surface area contributed by atoms with Crippen LogP contribution in [0.25, 0.3) is 0 Å². The van der Waals surface area contributed by atoms with E-state index in [2.05, 4.69) is 15.9 Å². The van der Waals surface area contributed by atoms with Gasteiger partial charge in [0.05, 0.1) is 5.56 Å². The lowest BCUT2D eigenvalue weighted by Crippen LogP contribution is -2.08. The summed E-state index contributed by atoms with van der Waals surface area (Å²) in [6.07, 6.45) is -4.32. The van der Waals surface area contributed by atoms with Gasteiger partial charge in [-0.3, -0.25) is 0 Å². The molecule has 0 spiro atoms. The SMILES string of the molecule is Nc1ccc(SCc2ccccc2C(F)(F)F)c(Br)c1. The van der Waals surface area contributed by atoms with Gasteiger partial charge >= 0.3 is 6.18 Å². The maximum absolute atomic E-state index is 12.9. The van der Waals surface area contributed by atoms with Gasteiger partial charge in [-0.05, 0) is 45.8 Å². The van der Waals surface area contributed by atoms with E-state index in [4.69, 9.17) is 5.73 Å². The molecule has 2 aromatic rings. The summed E-state index contributed by atoms with van der Waals surface area (Å²) in [7, 11) is 0. The number of hydrogen-bond acceptors (Lipinski definition) is 2. The number of alkyl halides is 3. The molecule has 6 heteroatoms. The molecular formula is C14H11BrF3NS. The first kappa shape index (κ1) is 15.3. The number of nitrogen functional groups attached to an aromatic ring is 1. The van der Waals surface area contributed by atoms with E-state index in [1.165, 1.54) is 23.9 Å². The summed E-state index contributed by atoms with van der Waals surface area (Å²) in [5.41, 5.74) is 5.92. The molecule has 0 heterocycles. The number of hydrogen-bond donors (Lipinski definition) is 1. The molecular weight excluding hydrogens is 351 g/mol. The highest BCUT2D eigenvalue weighted by molar-refractivity contribution is 9.10. The lowest BCUT2D eigenvalue weighted by atomic mass is 10.1. The van der Waals surface area contributed by atoms with Crippen LogP contribution < -0.4 is 5.73 Å². The summed E-state index contributed by atoms with van der Waals surface area (Å²) >= 11 is 4.69. The van der Waals surface area contributed by atoms with Crippen LogP contribution in [0.1, 0.15) is 11.1 Å². The average Bonchev–Trinajstić information content (AvgIpc) is 2.37. The largest absolute Gasteiger partial charge is 0.416 e. The van der Waals surface area contributed by atoms with Gasteiger partial charge in [0.2, 0.25) is 0 Å². The second-order valence-electron chi connectivity index (χ2n) is 4.13. The molecule has 0 aromatic heterocycles. The molecule has 0 amide bonds. The predicted molar refractivity (Wildman–Crippen MR) is 79.6 cm³/mol. The summed E-state index contributed by atoms with van der Waals surface area (Å²) in [6.45, 7) is 0. The fourth-order valence-electron chi connectivity index (χ4n) is 1.71. The van der Waals surface area contributed by atoms with Crippen LogP contribution in [-0.4, -0.2) is 0 Å². The van der Waals surface area contributed by atoms with Crippen LogP contribution >= 0.6 is 27.7 Å². The van der Waals surface area contributed by atoms with E-state index in [0.29, 0.717) is 5.69 Å². The molecule has 0 unspecified atom stereocenters. The Morgan fingerprint density at radius 1 is 1.10 bits per heavy atom. The summed E-state index contributed by atoms with van der Waals surface area (Å²) in [6, 6.07) is 10.9. The highest BCUT2D eigenvalue weighted by Gasteiger charge is 2.32. The molecule has 0 radical (unpaired) electrons. The van der Waals surface area contributed by atoms with Crippen molar-refractivity contribution in [1.82, 2.24) is 0 Å². The quantitative estimate of drug-likeness (QED) is 0.589. The Labute approximate surface area is 127 Å². The number of anilines is 1. The maximum Gasteiger partial charge on any atom is 0.416 e. The number of nitrogens with two attached hydrogens (primary N) is 1. The lowest BCUT2D eigenvalue weighted by molar-refractivity contribution is -0.138. The molecule has 0 aliphatic carbocycles. The van der Waals surface area contributed by atoms with Crippen molar-refractivity contribution in [3.8, 4) is 0 Å². The van der Waals surface area contributed by atoms with Crippen molar-refractivity contribution in [3.63, 3.8) is 0 Å². The predicted octanol–water partition coefficient (Wildman–Crippen LogP) is 5.34. The van der Waals surface area contributed by atoms with Gasteiger partial charge in [0, 0.05) is 20.8 Å². The van der Waals surface area contributed by atoms with Crippen molar-refractivity contribution in [1.29, 1.82) is 0 Å². The molecule has 0 aliphatic rings. The van der Waals surface area contributed by atoms with Crippen LogP contribution in [0.3, 0.4) is 0 Å². The zero-order valence-electron chi connectivity index (χ0n) is 10.2. The Kier molecular flexibility index (Phi) is 4.65. The fourth-order valence-corrected chi connectivity index (χ4v) is 3.38. The Morgan fingerprint density at radius 2 is 1.80 bits per heavy atom. The normalized spacial score (nSPS) is 11.6. The third kappa shape index (κ3) is 3.70. The van der Waals surface area contributed by atoms with Crippen LogP contribution in [-0.2, 0) is 11.9 Å². The van der Waals surface area contributed by atoms with E-state index in [9.17, 15) is 13.2 Å². The Balaban J connectivity index is 2.19. The van der Waals surface area contributed by atoms with Crippen molar-refractivity contribution in [3.05, 3.63) is 58.1 Å². The summed E-state index contributed by atoms with van der Waals surface area (Å²) < 4.78 is 39.4. The molecule has 2 N–H and O–H groups in total. The van der Waals surface area contributed by atoms with Gasteiger partial charge in [0.15, 0.2) is 0 Å². The second-order valence-corrected chi connectivity index (χ2v) is 6.00. The molecule has 0 saturated heterocycles. The van der Waals surface area contributed by atoms with Crippen LogP contribution in [0.4, 0.5) is 18.9 Å². The molecule has 0 aliphatic heterocycles. The molecule has 0 fully saturated rings. The molecule has 106 valence electrons. The first-order chi connectivity index (χ1) is 9.38. The Hall–Kier alpha value is -1.14. The molecule has 0 bridgehead atoms. The van der Waals surface area contributed by atoms with Crippen molar-refractivity contribution < 1.29 is 13.2 Å². The van der Waals surface area contributed by atoms with Gasteiger partial charge in [0.25, 0.3) is 0 Å². The van der Waals surface area contributed by atoms with E-state index in [1.807, 2.05) is 0 Å². The van der Waals surface area contributed by atoms with Gasteiger partial charge in [-0.1, -0.05) is 18.2 Å². The van der Waals surface area contributed by atoms with Crippen LogP contribution in [0.5, 0.6) is 0 Å². The highest BCUT2D eigenvalue weighted by atomic mass is 79.9. The number of halogens is 4. The maximum atomic E-state index is 12.9. The summed E-state index contributed by atoms with van der Waals surface area (Å²) in [5.74, 6) is 0.248. The number of benzene rings is 2. The Morgan fingerprint density at radius 3 is 2.45 bits per heavy atom. The van der Waals surface area contributed by atoms with Crippen molar-refractivity contribution in [2.24, 2.45) is 0 Å². The average molecular weight is 362 g/mol. The van der Waals surface area contributed by atoms with E-state index in [-0.39, 0.29) is 11.3 Å². The molecule has 20 heavy (non-hydrogen) atoms. The fraction of sp³-hybridized carbons (Fsp3) is 0.143.